The highest BCUT2D eigenvalue weighted by Crippen LogP contribution is 2.52. The molecule has 12 heteroatoms. The first-order valence-electron chi connectivity index (χ1n) is 14.8. The molecule has 0 saturated heterocycles. The van der Waals surface area contributed by atoms with E-state index in [1.54, 1.807) is 6.08 Å². The predicted molar refractivity (Wildman–Crippen MR) is 177 cm³/mol. The van der Waals surface area contributed by atoms with Crippen LogP contribution in [0.15, 0.2) is 85.2 Å². The largest absolute Gasteiger partial charge is 0.405 e. The molecule has 0 amide bonds. The van der Waals surface area contributed by atoms with Gasteiger partial charge in [-0.25, -0.2) is 15.0 Å². The zero-order valence-electron chi connectivity index (χ0n) is 26.7. The third kappa shape index (κ3) is 7.47. The number of nitrogens with two attached hydrogens (primary N) is 1. The summed E-state index contributed by atoms with van der Waals surface area (Å²) in [7, 11) is -6.72. The Labute approximate surface area is 261 Å². The van der Waals surface area contributed by atoms with Crippen molar-refractivity contribution in [2.24, 2.45) is 0 Å². The van der Waals surface area contributed by atoms with Crippen LogP contribution in [-0.2, 0) is 18.0 Å². The lowest BCUT2D eigenvalue weighted by atomic mass is 10.2. The van der Waals surface area contributed by atoms with Gasteiger partial charge in [-0.2, -0.15) is 4.73 Å². The van der Waals surface area contributed by atoms with E-state index >= 15 is 0 Å². The number of nitrogens with zero attached hydrogens (tertiary/aromatic N) is 4. The first kappa shape index (κ1) is 33.5. The smallest absolute Gasteiger partial charge is 0.354 e. The van der Waals surface area contributed by atoms with Crippen LogP contribution in [0.2, 0.25) is 5.04 Å². The van der Waals surface area contributed by atoms with Gasteiger partial charge < -0.3 is 24.0 Å². The average molecular weight is 638 g/mol. The molecule has 0 spiro atoms. The minimum Gasteiger partial charge on any atom is -0.405 e. The van der Waals surface area contributed by atoms with Crippen LogP contribution in [0.4, 0.5) is 5.82 Å². The van der Waals surface area contributed by atoms with Gasteiger partial charge in [-0.15, -0.1) is 0 Å². The molecule has 0 aliphatic rings. The molecule has 2 heterocycles. The van der Waals surface area contributed by atoms with E-state index < -0.39 is 28.1 Å². The van der Waals surface area contributed by atoms with Crippen LogP contribution >= 0.6 is 7.60 Å². The summed E-state index contributed by atoms with van der Waals surface area (Å²) in [5.41, 5.74) is 6.88. The maximum absolute atomic E-state index is 13.9. The Morgan fingerprint density at radius 1 is 0.864 bits per heavy atom. The molecular weight excluding hydrogens is 593 g/mol. The summed E-state index contributed by atoms with van der Waals surface area (Å²) in [6, 6.07) is 20.6. The summed E-state index contributed by atoms with van der Waals surface area (Å²) in [4.78, 5) is 19.1. The fraction of sp³-hybridized carbons (Fsp3) is 0.406. The van der Waals surface area contributed by atoms with Crippen molar-refractivity contribution in [2.75, 3.05) is 5.73 Å². The second-order valence-electron chi connectivity index (χ2n) is 12.2. The molecule has 4 aromatic rings. The number of rotatable bonds is 13. The predicted octanol–water partition coefficient (Wildman–Crippen LogP) is 5.73. The van der Waals surface area contributed by atoms with Crippen molar-refractivity contribution in [1.29, 1.82) is 0 Å². The third-order valence-electron chi connectivity index (χ3n) is 6.98. The maximum Gasteiger partial charge on any atom is 0.354 e. The van der Waals surface area contributed by atoms with Crippen LogP contribution in [0.25, 0.3) is 11.2 Å². The van der Waals surface area contributed by atoms with Crippen LogP contribution in [0.5, 0.6) is 0 Å². The number of fused-ring (bicyclic) bond motifs is 1. The average Bonchev–Trinajstić information content (AvgIpc) is 3.36. The molecule has 0 aliphatic heterocycles. The topological polar surface area (TPSA) is 124 Å². The van der Waals surface area contributed by atoms with Gasteiger partial charge in [0.15, 0.2) is 17.4 Å². The highest BCUT2D eigenvalue weighted by atomic mass is 31.2. The van der Waals surface area contributed by atoms with E-state index in [1.807, 2.05) is 71.0 Å². The summed E-state index contributed by atoms with van der Waals surface area (Å²) >= 11 is 0. The molecule has 2 unspecified atom stereocenters. The summed E-state index contributed by atoms with van der Waals surface area (Å²) in [5, 5.41) is 1.87. The van der Waals surface area contributed by atoms with E-state index in [0.29, 0.717) is 11.2 Å². The Kier molecular flexibility index (Phi) is 10.5. The monoisotopic (exact) mass is 637 g/mol. The minimum atomic E-state index is -3.65. The molecule has 0 aliphatic carbocycles. The second-order valence-corrected chi connectivity index (χ2v) is 18.3. The molecule has 4 rings (SSSR count). The van der Waals surface area contributed by atoms with E-state index in [2.05, 4.69) is 60.0 Å². The molecule has 2 atom stereocenters. The van der Waals surface area contributed by atoms with Crippen LogP contribution in [0, 0.1) is 0 Å². The fourth-order valence-corrected chi connectivity index (χ4v) is 11.6. The molecule has 236 valence electrons. The van der Waals surface area contributed by atoms with Crippen molar-refractivity contribution in [1.82, 2.24) is 19.7 Å². The van der Waals surface area contributed by atoms with Crippen LogP contribution in [-0.4, -0.2) is 52.4 Å². The number of hydrogen-bond acceptors (Lipinski definition) is 9. The van der Waals surface area contributed by atoms with Crippen molar-refractivity contribution in [3.05, 3.63) is 85.2 Å². The van der Waals surface area contributed by atoms with Crippen LogP contribution < -0.4 is 20.9 Å². The van der Waals surface area contributed by atoms with E-state index in [4.69, 9.17) is 24.0 Å². The Hall–Kier alpha value is -3.34. The summed E-state index contributed by atoms with van der Waals surface area (Å²) in [6.07, 6.45) is 2.64. The van der Waals surface area contributed by atoms with Gasteiger partial charge in [0.25, 0.3) is 8.32 Å². The van der Waals surface area contributed by atoms with Crippen molar-refractivity contribution < 1.29 is 22.9 Å². The van der Waals surface area contributed by atoms with Gasteiger partial charge in [-0.1, -0.05) is 81.4 Å². The highest BCUT2D eigenvalue weighted by molar-refractivity contribution is 7.57. The van der Waals surface area contributed by atoms with E-state index in [0.717, 1.165) is 10.4 Å². The van der Waals surface area contributed by atoms with E-state index in [1.165, 1.54) is 23.2 Å². The molecule has 2 N–H and O–H groups in total. The number of imidazole rings is 1. The molecule has 2 aromatic carbocycles. The van der Waals surface area contributed by atoms with E-state index in [9.17, 15) is 4.57 Å². The van der Waals surface area contributed by atoms with Crippen molar-refractivity contribution >= 4 is 43.3 Å². The van der Waals surface area contributed by atoms with Gasteiger partial charge in [0, 0.05) is 5.82 Å². The summed E-state index contributed by atoms with van der Waals surface area (Å²) in [5.74, 6) is 1.75. The molecule has 0 radical (unpaired) electrons. The Balaban J connectivity index is 1.87. The molecular formula is C32H44N5O5PSi. The summed E-state index contributed by atoms with van der Waals surface area (Å²) in [6.45, 7) is 15.8. The Morgan fingerprint density at radius 2 is 1.41 bits per heavy atom. The molecule has 0 fully saturated rings. The summed E-state index contributed by atoms with van der Waals surface area (Å²) < 4.78 is 34.5. The van der Waals surface area contributed by atoms with Crippen molar-refractivity contribution in [2.45, 2.75) is 84.8 Å². The molecule has 44 heavy (non-hydrogen) atoms. The number of benzene rings is 2. The molecule has 0 saturated carbocycles. The first-order chi connectivity index (χ1) is 20.8. The standard InChI is InChI=1S/C32H44N5O5PSi/c1-23(2)40-43(38,41-24(3)4)20-19-28(25(5)39-37-22-36-29-30(33)34-21-35-31(29)37)42-44(32(6,7)8,26-15-11-9-12-16-26)27-17-13-10-14-18-27/h9-25,28H,1-8H3,(H2,33,34,35). The zero-order valence-corrected chi connectivity index (χ0v) is 28.6. The number of aromatic nitrogens is 4. The highest BCUT2D eigenvalue weighted by Gasteiger charge is 2.52. The van der Waals surface area contributed by atoms with Crippen LogP contribution in [0.1, 0.15) is 55.4 Å². The maximum atomic E-state index is 13.9. The third-order valence-corrected chi connectivity index (χ3v) is 14.0. The van der Waals surface area contributed by atoms with Gasteiger partial charge in [0.05, 0.1) is 12.2 Å². The van der Waals surface area contributed by atoms with Gasteiger partial charge >= 0.3 is 7.60 Å². The van der Waals surface area contributed by atoms with Crippen molar-refractivity contribution in [3.8, 4) is 0 Å². The molecule has 2 aromatic heterocycles. The molecule has 10 nitrogen and oxygen atoms in total. The lowest BCUT2D eigenvalue weighted by molar-refractivity contribution is -0.00526. The minimum absolute atomic E-state index is 0.252. The normalized spacial score (nSPS) is 14.5. The Bertz CT molecular complexity index is 1540. The van der Waals surface area contributed by atoms with Gasteiger partial charge in [-0.05, 0) is 56.1 Å². The fourth-order valence-electron chi connectivity index (χ4n) is 5.21. The SMILES string of the molecule is CC(C)OP(=O)(C=CC(O[Si](c1ccccc1)(c1ccccc1)C(C)(C)C)C(C)On1cnc2c(N)ncnc21)OC(C)C. The lowest BCUT2D eigenvalue weighted by Gasteiger charge is -2.45. The van der Waals surface area contributed by atoms with Gasteiger partial charge in [0.2, 0.25) is 5.65 Å². The lowest BCUT2D eigenvalue weighted by Crippen LogP contribution is -2.68. The second kappa shape index (κ2) is 13.7. The van der Waals surface area contributed by atoms with Gasteiger partial charge in [-0.3, -0.25) is 4.57 Å². The van der Waals surface area contributed by atoms with Crippen LogP contribution in [0.3, 0.4) is 0 Å². The quantitative estimate of drug-likeness (QED) is 0.145. The number of hydrogen-bond donors (Lipinski definition) is 1. The number of nitrogen functional groups attached to an aromatic ring is 1. The van der Waals surface area contributed by atoms with Crippen molar-refractivity contribution in [3.63, 3.8) is 0 Å². The van der Waals surface area contributed by atoms with E-state index in [-0.39, 0.29) is 23.1 Å². The Morgan fingerprint density at radius 3 is 1.91 bits per heavy atom. The zero-order chi connectivity index (χ0) is 32.1. The number of anilines is 1. The first-order valence-corrected chi connectivity index (χ1v) is 18.3. The molecule has 0 bridgehead atoms. The van der Waals surface area contributed by atoms with Gasteiger partial charge in [0.1, 0.15) is 18.8 Å².